The Hall–Kier alpha value is -2.86. The maximum Gasteiger partial charge on any atom is 0.264 e. The molecule has 0 atom stereocenters. The Kier molecular flexibility index (Phi) is 5.30. The fourth-order valence-electron chi connectivity index (χ4n) is 3.42. The van der Waals surface area contributed by atoms with E-state index in [4.69, 9.17) is 9.47 Å². The van der Waals surface area contributed by atoms with Crippen LogP contribution in [0.2, 0.25) is 0 Å². The van der Waals surface area contributed by atoms with Crippen molar-refractivity contribution >= 4 is 22.4 Å². The van der Waals surface area contributed by atoms with E-state index in [9.17, 15) is 4.79 Å². The molecule has 1 amide bonds. The summed E-state index contributed by atoms with van der Waals surface area (Å²) in [6, 6.07) is 12.0. The second-order valence-electron chi connectivity index (χ2n) is 6.86. The van der Waals surface area contributed by atoms with E-state index in [0.29, 0.717) is 5.13 Å². The van der Waals surface area contributed by atoms with Crippen LogP contribution < -0.4 is 14.8 Å². The Morgan fingerprint density at radius 2 is 2.04 bits per heavy atom. The number of carbonyl (C=O) groups excluding carboxylic acids is 1. The Labute approximate surface area is 168 Å². The molecular weight excluding hydrogens is 372 g/mol. The molecule has 1 N–H and O–H groups in total. The highest BCUT2D eigenvalue weighted by atomic mass is 32.1. The standard InChI is InChI=1S/C22H22N2O3S/c1-14-6-9-20(26-2)18(10-14)19-13-28-22(23-19)24-21(25)12-27-17-8-7-15-4-3-5-16(15)11-17/h6-11,13H,3-5,12H2,1-2H3,(H,23,24,25). The third-order valence-electron chi connectivity index (χ3n) is 4.82. The Balaban J connectivity index is 1.39. The lowest BCUT2D eigenvalue weighted by Crippen LogP contribution is -2.20. The average molecular weight is 394 g/mol. The fraction of sp³-hybridized carbons (Fsp3) is 0.273. The van der Waals surface area contributed by atoms with Gasteiger partial charge in [-0.05, 0) is 61.6 Å². The van der Waals surface area contributed by atoms with Gasteiger partial charge in [0.1, 0.15) is 11.5 Å². The molecule has 0 saturated carbocycles. The van der Waals surface area contributed by atoms with E-state index in [0.717, 1.165) is 41.2 Å². The molecule has 1 heterocycles. The van der Waals surface area contributed by atoms with Gasteiger partial charge in [-0.1, -0.05) is 17.7 Å². The molecule has 1 aromatic heterocycles. The number of benzene rings is 2. The first kappa shape index (κ1) is 18.5. The number of nitrogens with zero attached hydrogens (tertiary/aromatic N) is 1. The fourth-order valence-corrected chi connectivity index (χ4v) is 4.15. The summed E-state index contributed by atoms with van der Waals surface area (Å²) in [7, 11) is 1.64. The van der Waals surface area contributed by atoms with Crippen LogP contribution in [0.15, 0.2) is 41.8 Å². The van der Waals surface area contributed by atoms with Crippen LogP contribution in [0.5, 0.6) is 11.5 Å². The van der Waals surface area contributed by atoms with Crippen molar-refractivity contribution in [1.29, 1.82) is 0 Å². The molecular formula is C22H22N2O3S. The Bertz CT molecular complexity index is 1010. The molecule has 6 heteroatoms. The lowest BCUT2D eigenvalue weighted by atomic mass is 10.1. The quantitative estimate of drug-likeness (QED) is 0.662. The highest BCUT2D eigenvalue weighted by Crippen LogP contribution is 2.33. The second kappa shape index (κ2) is 8.02. The average Bonchev–Trinajstić information content (AvgIpc) is 3.35. The van der Waals surface area contributed by atoms with E-state index in [1.165, 1.54) is 28.9 Å². The van der Waals surface area contributed by atoms with Crippen LogP contribution in [-0.2, 0) is 17.6 Å². The highest BCUT2D eigenvalue weighted by molar-refractivity contribution is 7.14. The number of anilines is 1. The van der Waals surface area contributed by atoms with Crippen molar-refractivity contribution in [1.82, 2.24) is 4.98 Å². The van der Waals surface area contributed by atoms with Gasteiger partial charge >= 0.3 is 0 Å². The molecule has 28 heavy (non-hydrogen) atoms. The minimum absolute atomic E-state index is 0.0402. The topological polar surface area (TPSA) is 60.5 Å². The van der Waals surface area contributed by atoms with Gasteiger partial charge in [0.2, 0.25) is 0 Å². The summed E-state index contributed by atoms with van der Waals surface area (Å²) in [5.41, 5.74) is 5.53. The number of hydrogen-bond donors (Lipinski definition) is 1. The second-order valence-corrected chi connectivity index (χ2v) is 7.72. The van der Waals surface area contributed by atoms with Crippen molar-refractivity contribution in [2.24, 2.45) is 0 Å². The summed E-state index contributed by atoms with van der Waals surface area (Å²) in [4.78, 5) is 16.8. The SMILES string of the molecule is COc1ccc(C)cc1-c1csc(NC(=O)COc2ccc3c(c2)CCC3)n1. The molecule has 144 valence electrons. The van der Waals surface area contributed by atoms with Crippen molar-refractivity contribution < 1.29 is 14.3 Å². The van der Waals surface area contributed by atoms with Crippen molar-refractivity contribution in [2.45, 2.75) is 26.2 Å². The first-order valence-electron chi connectivity index (χ1n) is 9.27. The molecule has 2 aromatic carbocycles. The number of hydrogen-bond acceptors (Lipinski definition) is 5. The lowest BCUT2D eigenvalue weighted by Gasteiger charge is -2.08. The maximum absolute atomic E-state index is 12.2. The zero-order valence-corrected chi connectivity index (χ0v) is 16.8. The number of carbonyl (C=O) groups is 1. The monoisotopic (exact) mass is 394 g/mol. The zero-order valence-electron chi connectivity index (χ0n) is 16.0. The number of thiazole rings is 1. The summed E-state index contributed by atoms with van der Waals surface area (Å²) in [6.07, 6.45) is 3.41. The van der Waals surface area contributed by atoms with Crippen LogP contribution >= 0.6 is 11.3 Å². The van der Waals surface area contributed by atoms with Crippen LogP contribution in [0, 0.1) is 6.92 Å². The molecule has 0 saturated heterocycles. The van der Waals surface area contributed by atoms with Crippen molar-refractivity contribution in [3.63, 3.8) is 0 Å². The third-order valence-corrected chi connectivity index (χ3v) is 5.58. The van der Waals surface area contributed by atoms with Crippen molar-refractivity contribution in [3.8, 4) is 22.8 Å². The molecule has 0 radical (unpaired) electrons. The number of nitrogens with one attached hydrogen (secondary N) is 1. The van der Waals surface area contributed by atoms with Gasteiger partial charge in [0.25, 0.3) is 5.91 Å². The van der Waals surface area contributed by atoms with Gasteiger partial charge in [-0.3, -0.25) is 10.1 Å². The van der Waals surface area contributed by atoms with Gasteiger partial charge in [-0.25, -0.2) is 4.98 Å². The van der Waals surface area contributed by atoms with Gasteiger partial charge < -0.3 is 9.47 Å². The van der Waals surface area contributed by atoms with E-state index in [-0.39, 0.29) is 12.5 Å². The Morgan fingerprint density at radius 3 is 2.89 bits per heavy atom. The summed E-state index contributed by atoms with van der Waals surface area (Å²) in [5.74, 6) is 1.27. The molecule has 5 nitrogen and oxygen atoms in total. The van der Waals surface area contributed by atoms with Crippen molar-refractivity contribution in [2.75, 3.05) is 19.0 Å². The number of methoxy groups -OCH3 is 1. The highest BCUT2D eigenvalue weighted by Gasteiger charge is 2.14. The molecule has 0 spiro atoms. The molecule has 1 aliphatic carbocycles. The number of ether oxygens (including phenoxy) is 2. The number of aryl methyl sites for hydroxylation is 3. The normalized spacial score (nSPS) is 12.5. The van der Waals surface area contributed by atoms with Crippen LogP contribution in [-0.4, -0.2) is 24.6 Å². The third kappa shape index (κ3) is 4.02. The van der Waals surface area contributed by atoms with Gasteiger partial charge in [0, 0.05) is 10.9 Å². The summed E-state index contributed by atoms with van der Waals surface area (Å²) in [6.45, 7) is 1.98. The molecule has 3 aromatic rings. The van der Waals surface area contributed by atoms with Crippen LogP contribution in [0.3, 0.4) is 0 Å². The molecule has 0 bridgehead atoms. The van der Waals surface area contributed by atoms with Gasteiger partial charge in [0.15, 0.2) is 11.7 Å². The van der Waals surface area contributed by atoms with Crippen LogP contribution in [0.1, 0.15) is 23.1 Å². The maximum atomic E-state index is 12.2. The zero-order chi connectivity index (χ0) is 19.5. The number of aromatic nitrogens is 1. The minimum atomic E-state index is -0.224. The summed E-state index contributed by atoms with van der Waals surface area (Å²) in [5, 5.41) is 5.26. The first-order chi connectivity index (χ1) is 13.6. The van der Waals surface area contributed by atoms with Crippen LogP contribution in [0.4, 0.5) is 5.13 Å². The number of amides is 1. The predicted molar refractivity (Wildman–Crippen MR) is 111 cm³/mol. The van der Waals surface area contributed by atoms with E-state index < -0.39 is 0 Å². The van der Waals surface area contributed by atoms with E-state index in [2.05, 4.69) is 16.4 Å². The smallest absolute Gasteiger partial charge is 0.264 e. The summed E-state index contributed by atoms with van der Waals surface area (Å²) < 4.78 is 11.1. The minimum Gasteiger partial charge on any atom is -0.496 e. The van der Waals surface area contributed by atoms with Crippen LogP contribution in [0.25, 0.3) is 11.3 Å². The molecule has 1 aliphatic rings. The predicted octanol–water partition coefficient (Wildman–Crippen LogP) is 4.63. The summed E-state index contributed by atoms with van der Waals surface area (Å²) >= 11 is 1.38. The largest absolute Gasteiger partial charge is 0.496 e. The van der Waals surface area contributed by atoms with Gasteiger partial charge in [-0.15, -0.1) is 11.3 Å². The van der Waals surface area contributed by atoms with Gasteiger partial charge in [-0.2, -0.15) is 0 Å². The number of rotatable bonds is 6. The van der Waals surface area contributed by atoms with E-state index in [1.807, 2.05) is 42.6 Å². The molecule has 0 fully saturated rings. The lowest BCUT2D eigenvalue weighted by molar-refractivity contribution is -0.118. The molecule has 0 aliphatic heterocycles. The molecule has 0 unspecified atom stereocenters. The number of fused-ring (bicyclic) bond motifs is 1. The van der Waals surface area contributed by atoms with Crippen molar-refractivity contribution in [3.05, 3.63) is 58.5 Å². The molecule has 4 rings (SSSR count). The van der Waals surface area contributed by atoms with Gasteiger partial charge in [0.05, 0.1) is 12.8 Å². The first-order valence-corrected chi connectivity index (χ1v) is 10.2. The Morgan fingerprint density at radius 1 is 1.18 bits per heavy atom. The van der Waals surface area contributed by atoms with E-state index in [1.54, 1.807) is 7.11 Å². The van der Waals surface area contributed by atoms with E-state index >= 15 is 0 Å².